The second kappa shape index (κ2) is 18.5. The molecule has 0 amide bonds. The zero-order valence-corrected chi connectivity index (χ0v) is 45.9. The molecule has 0 spiro atoms. The molecule has 3 aliphatic carbocycles. The van der Waals surface area contributed by atoms with Gasteiger partial charge < -0.3 is 0 Å². The van der Waals surface area contributed by atoms with Crippen LogP contribution in [0.1, 0.15) is 117 Å². The highest BCUT2D eigenvalue weighted by atomic mass is 14.5. The van der Waals surface area contributed by atoms with E-state index in [2.05, 4.69) is 308 Å². The van der Waals surface area contributed by atoms with E-state index in [1.165, 1.54) is 145 Å². The first-order chi connectivity index (χ1) is 38.5. The average Bonchev–Trinajstić information content (AvgIpc) is 3.41. The van der Waals surface area contributed by atoms with Gasteiger partial charge in [-0.3, -0.25) is 0 Å². The Kier molecular flexibility index (Phi) is 11.3. The van der Waals surface area contributed by atoms with E-state index in [4.69, 9.17) is 0 Å². The summed E-state index contributed by atoms with van der Waals surface area (Å²) in [7, 11) is 0. The molecule has 0 bridgehead atoms. The van der Waals surface area contributed by atoms with Crippen LogP contribution < -0.4 is 0 Å². The number of aryl methyl sites for hydroxylation is 2. The summed E-state index contributed by atoms with van der Waals surface area (Å²) in [6.45, 7) is 13.8. The molecule has 11 aromatic rings. The summed E-state index contributed by atoms with van der Waals surface area (Å²) < 4.78 is 0. The van der Waals surface area contributed by atoms with E-state index in [-0.39, 0.29) is 10.8 Å². The molecule has 0 radical (unpaired) electrons. The largest absolute Gasteiger partial charge is 0.0713 e. The van der Waals surface area contributed by atoms with E-state index in [0.717, 1.165) is 0 Å². The van der Waals surface area contributed by atoms with Crippen LogP contribution in [-0.4, -0.2) is 0 Å². The normalized spacial score (nSPS) is 14.9. The minimum Gasteiger partial charge on any atom is -0.0619 e. The molecular formula is C79H62. The first-order valence-electron chi connectivity index (χ1n) is 28.0. The zero-order valence-electron chi connectivity index (χ0n) is 45.9. The Morgan fingerprint density at radius 1 is 0.278 bits per heavy atom. The number of rotatable bonds is 9. The van der Waals surface area contributed by atoms with E-state index in [1.807, 2.05) is 0 Å². The molecular weight excluding hydrogens is 949 g/mol. The van der Waals surface area contributed by atoms with Crippen molar-refractivity contribution in [1.82, 2.24) is 0 Å². The van der Waals surface area contributed by atoms with Crippen molar-refractivity contribution in [3.05, 3.63) is 344 Å². The maximum absolute atomic E-state index is 2.45. The SMILES string of the molecule is Cc1ccc(C(=Cc2ccc(-c3ccc(C4(c5ccc(C=C(c6ccc(C)cc6)c6ccc7c(c6)C(C)(C)c6ccccc6-7)cc5)c5ccccc5-c5ccccc54)cc3)cc2)c2ccc3c(c2)C(C)(C)c2ccccc2-3)cc1. The summed E-state index contributed by atoms with van der Waals surface area (Å²) in [4.78, 5) is 0. The predicted molar refractivity (Wildman–Crippen MR) is 333 cm³/mol. The predicted octanol–water partition coefficient (Wildman–Crippen LogP) is 20.1. The summed E-state index contributed by atoms with van der Waals surface area (Å²) in [5.74, 6) is 0. The van der Waals surface area contributed by atoms with Crippen LogP contribution in [0.3, 0.4) is 0 Å². The minimum atomic E-state index is -0.523. The standard InChI is InChI=1S/C79H62/c1-51-23-31-57(32-24-51)69(59-39-45-67-63-15-7-11-19-71(63)77(3,4)75(67)49-59)47-53-27-35-55(36-28-53)56-37-43-62(44-38-56)79(73-21-13-9-17-65(73)66-18-10-14-22-74(66)79)61-41-29-54(30-42-61)48-70(58-33-25-52(2)26-34-58)60-40-46-68-64-16-8-12-20-72(64)78(5,6)76(68)50-60/h7-50H,1-6H3. The Morgan fingerprint density at radius 2 is 0.582 bits per heavy atom. The van der Waals surface area contributed by atoms with E-state index < -0.39 is 5.41 Å². The van der Waals surface area contributed by atoms with Gasteiger partial charge in [0.15, 0.2) is 0 Å². The third-order valence-corrected chi connectivity index (χ3v) is 18.0. The highest BCUT2D eigenvalue weighted by molar-refractivity contribution is 5.96. The van der Waals surface area contributed by atoms with Crippen molar-refractivity contribution in [1.29, 1.82) is 0 Å². The summed E-state index contributed by atoms with van der Waals surface area (Å²) in [5, 5.41) is 0. The van der Waals surface area contributed by atoms with Gasteiger partial charge in [0.25, 0.3) is 0 Å². The lowest BCUT2D eigenvalue weighted by Gasteiger charge is -2.34. The van der Waals surface area contributed by atoms with Gasteiger partial charge in [-0.15, -0.1) is 0 Å². The van der Waals surface area contributed by atoms with Gasteiger partial charge in [0.05, 0.1) is 5.41 Å². The number of fused-ring (bicyclic) bond motifs is 9. The van der Waals surface area contributed by atoms with Gasteiger partial charge in [-0.05, 0) is 172 Å². The third kappa shape index (κ3) is 7.79. The zero-order chi connectivity index (χ0) is 53.6. The van der Waals surface area contributed by atoms with Gasteiger partial charge in [0, 0.05) is 10.8 Å². The van der Waals surface area contributed by atoms with Crippen LogP contribution >= 0.6 is 0 Å². The van der Waals surface area contributed by atoms with E-state index >= 15 is 0 Å². The van der Waals surface area contributed by atoms with Crippen molar-refractivity contribution in [2.45, 2.75) is 57.8 Å². The fourth-order valence-corrected chi connectivity index (χ4v) is 13.7. The molecule has 14 rings (SSSR count). The van der Waals surface area contributed by atoms with Gasteiger partial charge >= 0.3 is 0 Å². The van der Waals surface area contributed by atoms with Gasteiger partial charge in [-0.1, -0.05) is 281 Å². The fraction of sp³-hybridized carbons (Fsp3) is 0.114. The number of hydrogen-bond donors (Lipinski definition) is 0. The number of benzene rings is 11. The van der Waals surface area contributed by atoms with Crippen LogP contribution in [0.5, 0.6) is 0 Å². The lowest BCUT2D eigenvalue weighted by Crippen LogP contribution is -2.28. The van der Waals surface area contributed by atoms with Crippen molar-refractivity contribution >= 4 is 23.3 Å². The molecule has 0 atom stereocenters. The molecule has 0 saturated heterocycles. The average molecular weight is 1010 g/mol. The maximum Gasteiger partial charge on any atom is 0.0713 e. The smallest absolute Gasteiger partial charge is 0.0619 e. The quantitative estimate of drug-likeness (QED) is 0.126. The topological polar surface area (TPSA) is 0 Å². The van der Waals surface area contributed by atoms with Crippen molar-refractivity contribution in [3.63, 3.8) is 0 Å². The summed E-state index contributed by atoms with van der Waals surface area (Å²) in [6, 6.07) is 96.1. The van der Waals surface area contributed by atoms with Gasteiger partial charge in [0.2, 0.25) is 0 Å². The maximum atomic E-state index is 2.45. The molecule has 0 saturated carbocycles. The lowest BCUT2D eigenvalue weighted by atomic mass is 9.67. The molecule has 0 aromatic heterocycles. The Balaban J connectivity index is 0.825. The Hall–Kier alpha value is -9.10. The minimum absolute atomic E-state index is 0.0766. The summed E-state index contributed by atoms with van der Waals surface area (Å²) >= 11 is 0. The lowest BCUT2D eigenvalue weighted by molar-refractivity contribution is 0.660. The van der Waals surface area contributed by atoms with Crippen LogP contribution in [-0.2, 0) is 16.2 Å². The highest BCUT2D eigenvalue weighted by Gasteiger charge is 2.46. The van der Waals surface area contributed by atoms with Gasteiger partial charge in [-0.2, -0.15) is 0 Å². The Labute approximate surface area is 466 Å². The van der Waals surface area contributed by atoms with E-state index in [1.54, 1.807) is 0 Å². The Morgan fingerprint density at radius 3 is 0.987 bits per heavy atom. The molecule has 378 valence electrons. The van der Waals surface area contributed by atoms with Gasteiger partial charge in [-0.25, -0.2) is 0 Å². The molecule has 0 heteroatoms. The van der Waals surface area contributed by atoms with Crippen LogP contribution in [0.2, 0.25) is 0 Å². The van der Waals surface area contributed by atoms with Crippen LogP contribution in [0.15, 0.2) is 255 Å². The molecule has 79 heavy (non-hydrogen) atoms. The molecule has 3 aliphatic rings. The molecule has 0 fully saturated rings. The molecule has 11 aromatic carbocycles. The Bertz CT molecular complexity index is 4200. The molecule has 0 unspecified atom stereocenters. The summed E-state index contributed by atoms with van der Waals surface area (Å²) in [5.41, 5.74) is 32.5. The second-order valence-electron chi connectivity index (χ2n) is 23.4. The van der Waals surface area contributed by atoms with Crippen molar-refractivity contribution in [3.8, 4) is 44.5 Å². The van der Waals surface area contributed by atoms with E-state index in [0.29, 0.717) is 0 Å². The molecule has 0 nitrogen and oxygen atoms in total. The van der Waals surface area contributed by atoms with Crippen molar-refractivity contribution < 1.29 is 0 Å². The van der Waals surface area contributed by atoms with E-state index in [9.17, 15) is 0 Å². The highest BCUT2D eigenvalue weighted by Crippen LogP contribution is 2.57. The molecule has 0 heterocycles. The third-order valence-electron chi connectivity index (χ3n) is 18.0. The molecule has 0 N–H and O–H groups in total. The van der Waals surface area contributed by atoms with Crippen molar-refractivity contribution in [2.24, 2.45) is 0 Å². The molecule has 0 aliphatic heterocycles. The van der Waals surface area contributed by atoms with Crippen molar-refractivity contribution in [2.75, 3.05) is 0 Å². The van der Waals surface area contributed by atoms with Crippen LogP contribution in [0, 0.1) is 13.8 Å². The summed E-state index contributed by atoms with van der Waals surface area (Å²) in [6.07, 6.45) is 4.75. The second-order valence-corrected chi connectivity index (χ2v) is 23.4. The first-order valence-corrected chi connectivity index (χ1v) is 28.0. The van der Waals surface area contributed by atoms with Gasteiger partial charge in [0.1, 0.15) is 0 Å². The number of hydrogen-bond acceptors (Lipinski definition) is 0. The van der Waals surface area contributed by atoms with Crippen LogP contribution in [0.4, 0.5) is 0 Å². The van der Waals surface area contributed by atoms with Crippen LogP contribution in [0.25, 0.3) is 67.8 Å². The first kappa shape index (κ1) is 48.3. The fourth-order valence-electron chi connectivity index (χ4n) is 13.7. The monoisotopic (exact) mass is 1010 g/mol.